The third-order valence-electron chi connectivity index (χ3n) is 2.82. The number of carbonyl (C=O) groups excluding carboxylic acids is 1. The van der Waals surface area contributed by atoms with E-state index in [1.807, 2.05) is 6.92 Å². The molecular weight excluding hydrogens is 370 g/mol. The molecule has 2 rings (SSSR count). The average Bonchev–Trinajstić information content (AvgIpc) is 2.41. The van der Waals surface area contributed by atoms with Gasteiger partial charge in [0.05, 0.1) is 4.90 Å². The van der Waals surface area contributed by atoms with Gasteiger partial charge in [0.25, 0.3) is 10.0 Å². The Morgan fingerprint density at radius 3 is 2.45 bits per heavy atom. The molecule has 8 heteroatoms. The molecule has 0 bridgehead atoms. The van der Waals surface area contributed by atoms with Gasteiger partial charge in [-0.2, -0.15) is 8.42 Å². The first-order valence-electron chi connectivity index (χ1n) is 6.30. The van der Waals surface area contributed by atoms with Gasteiger partial charge in [-0.25, -0.2) is 0 Å². The maximum atomic E-state index is 12.3. The van der Waals surface area contributed by atoms with E-state index in [1.54, 1.807) is 24.4 Å². The van der Waals surface area contributed by atoms with Crippen LogP contribution in [0.4, 0.5) is 0 Å². The highest BCUT2D eigenvalue weighted by molar-refractivity contribution is 9.10. The predicted molar refractivity (Wildman–Crippen MR) is 85.3 cm³/mol. The summed E-state index contributed by atoms with van der Waals surface area (Å²) in [5.74, 6) is -0.590. The second-order valence-corrected chi connectivity index (χ2v) is 7.20. The number of carbonyl (C=O) groups is 1. The van der Waals surface area contributed by atoms with E-state index >= 15 is 0 Å². The van der Waals surface area contributed by atoms with Crippen molar-refractivity contribution >= 4 is 31.9 Å². The number of hydrogen-bond donors (Lipinski definition) is 1. The quantitative estimate of drug-likeness (QED) is 0.862. The fourth-order valence-electron chi connectivity index (χ4n) is 1.77. The Labute approximate surface area is 136 Å². The number of halogens is 1. The predicted octanol–water partition coefficient (Wildman–Crippen LogP) is 1.33. The normalized spacial score (nSPS) is 12.4. The molecule has 0 radical (unpaired) electrons. The third kappa shape index (κ3) is 4.05. The van der Waals surface area contributed by atoms with Crippen LogP contribution in [0.15, 0.2) is 56.4 Å². The number of aromatic nitrogens is 1. The van der Waals surface area contributed by atoms with E-state index in [0.717, 1.165) is 5.56 Å². The minimum absolute atomic E-state index is 0.0895. The van der Waals surface area contributed by atoms with Gasteiger partial charge in [0, 0.05) is 10.7 Å². The molecular formula is C14H14BrN3O3S. The molecule has 0 aliphatic carbocycles. The number of rotatable bonds is 4. The van der Waals surface area contributed by atoms with Crippen LogP contribution in [-0.2, 0) is 21.4 Å². The summed E-state index contributed by atoms with van der Waals surface area (Å²) in [4.78, 5) is 11.2. The van der Waals surface area contributed by atoms with Gasteiger partial charge in [-0.15, -0.1) is 4.40 Å². The summed E-state index contributed by atoms with van der Waals surface area (Å²) in [6.45, 7) is 1.70. The SMILES string of the molecule is Cc1ccc(S(=O)(=O)/N=c2\ccc(Br)cn2CC(N)=O)cc1. The molecule has 2 N–H and O–H groups in total. The summed E-state index contributed by atoms with van der Waals surface area (Å²) in [6, 6.07) is 9.51. The maximum Gasteiger partial charge on any atom is 0.284 e. The van der Waals surface area contributed by atoms with E-state index in [0.29, 0.717) is 4.47 Å². The zero-order valence-corrected chi connectivity index (χ0v) is 14.1. The van der Waals surface area contributed by atoms with Crippen molar-refractivity contribution in [1.29, 1.82) is 0 Å². The highest BCUT2D eigenvalue weighted by Crippen LogP contribution is 2.12. The first kappa shape index (κ1) is 16.4. The molecule has 1 heterocycles. The van der Waals surface area contributed by atoms with Gasteiger partial charge in [0.15, 0.2) is 0 Å². The molecule has 1 aromatic carbocycles. The standard InChI is InChI=1S/C14H14BrN3O3S/c1-10-2-5-12(6-3-10)22(20,21)17-14-7-4-11(15)8-18(14)9-13(16)19/h2-8H,9H2,1H3,(H2,16,19)/b17-14+. The smallest absolute Gasteiger partial charge is 0.284 e. The van der Waals surface area contributed by atoms with E-state index in [4.69, 9.17) is 5.73 Å². The first-order chi connectivity index (χ1) is 10.3. The van der Waals surface area contributed by atoms with Crippen LogP contribution in [0.1, 0.15) is 5.56 Å². The Balaban J connectivity index is 2.56. The van der Waals surface area contributed by atoms with Crippen molar-refractivity contribution in [2.45, 2.75) is 18.4 Å². The number of hydrogen-bond acceptors (Lipinski definition) is 3. The van der Waals surface area contributed by atoms with Gasteiger partial charge < -0.3 is 10.3 Å². The molecule has 22 heavy (non-hydrogen) atoms. The zero-order valence-electron chi connectivity index (χ0n) is 11.7. The lowest BCUT2D eigenvalue weighted by atomic mass is 10.2. The number of primary amides is 1. The minimum atomic E-state index is -3.86. The van der Waals surface area contributed by atoms with E-state index in [1.165, 1.54) is 22.8 Å². The fourth-order valence-corrected chi connectivity index (χ4v) is 3.15. The highest BCUT2D eigenvalue weighted by atomic mass is 79.9. The Hall–Kier alpha value is -1.93. The highest BCUT2D eigenvalue weighted by Gasteiger charge is 2.12. The van der Waals surface area contributed by atoms with Gasteiger partial charge >= 0.3 is 0 Å². The number of aryl methyl sites for hydroxylation is 1. The van der Waals surface area contributed by atoms with Gasteiger partial charge in [-0.1, -0.05) is 17.7 Å². The Kier molecular flexibility index (Phi) is 4.82. The first-order valence-corrected chi connectivity index (χ1v) is 8.53. The molecule has 116 valence electrons. The molecule has 0 fully saturated rings. The summed E-state index contributed by atoms with van der Waals surface area (Å²) in [5.41, 5.74) is 6.25. The van der Waals surface area contributed by atoms with Crippen LogP contribution in [0, 0.1) is 6.92 Å². The second-order valence-electron chi connectivity index (χ2n) is 4.68. The molecule has 0 atom stereocenters. The minimum Gasteiger partial charge on any atom is -0.368 e. The van der Waals surface area contributed by atoms with Crippen molar-refractivity contribution in [1.82, 2.24) is 4.57 Å². The number of amides is 1. The molecule has 2 aromatic rings. The van der Waals surface area contributed by atoms with Crippen LogP contribution >= 0.6 is 15.9 Å². The number of pyridine rings is 1. The van der Waals surface area contributed by atoms with E-state index in [-0.39, 0.29) is 16.9 Å². The van der Waals surface area contributed by atoms with Gasteiger partial charge in [-0.3, -0.25) is 4.79 Å². The van der Waals surface area contributed by atoms with E-state index < -0.39 is 15.9 Å². The van der Waals surface area contributed by atoms with Crippen molar-refractivity contribution in [2.24, 2.45) is 10.1 Å². The van der Waals surface area contributed by atoms with Gasteiger partial charge in [-0.05, 0) is 47.1 Å². The van der Waals surface area contributed by atoms with Crippen LogP contribution in [0.3, 0.4) is 0 Å². The molecule has 0 saturated carbocycles. The van der Waals surface area contributed by atoms with Gasteiger partial charge in [0.2, 0.25) is 5.91 Å². The Morgan fingerprint density at radius 2 is 1.86 bits per heavy atom. The Bertz CT molecular complexity index is 871. The number of nitrogens with two attached hydrogens (primary N) is 1. The molecule has 0 spiro atoms. The number of sulfonamides is 1. The van der Waals surface area contributed by atoms with Crippen molar-refractivity contribution in [3.05, 3.63) is 58.1 Å². The number of benzene rings is 1. The molecule has 6 nitrogen and oxygen atoms in total. The lowest BCUT2D eigenvalue weighted by molar-refractivity contribution is -0.118. The van der Waals surface area contributed by atoms with Crippen molar-refractivity contribution in [3.8, 4) is 0 Å². The second kappa shape index (κ2) is 6.45. The third-order valence-corrected chi connectivity index (χ3v) is 4.59. The zero-order chi connectivity index (χ0) is 16.3. The van der Waals surface area contributed by atoms with Crippen LogP contribution in [0.25, 0.3) is 0 Å². The van der Waals surface area contributed by atoms with E-state index in [9.17, 15) is 13.2 Å². The lowest BCUT2D eigenvalue weighted by Crippen LogP contribution is -2.28. The molecule has 0 aliphatic heterocycles. The summed E-state index contributed by atoms with van der Waals surface area (Å²) < 4.78 is 30.5. The van der Waals surface area contributed by atoms with Crippen molar-refractivity contribution in [2.75, 3.05) is 0 Å². The van der Waals surface area contributed by atoms with Crippen LogP contribution in [0.2, 0.25) is 0 Å². The topological polar surface area (TPSA) is 94.5 Å². The van der Waals surface area contributed by atoms with Crippen molar-refractivity contribution < 1.29 is 13.2 Å². The van der Waals surface area contributed by atoms with Crippen LogP contribution < -0.4 is 11.2 Å². The summed E-state index contributed by atoms with van der Waals surface area (Å²) in [6.07, 6.45) is 1.55. The van der Waals surface area contributed by atoms with Crippen molar-refractivity contribution in [3.63, 3.8) is 0 Å². The van der Waals surface area contributed by atoms with Gasteiger partial charge in [0.1, 0.15) is 12.0 Å². The Morgan fingerprint density at radius 1 is 1.23 bits per heavy atom. The van der Waals surface area contributed by atoms with Crippen LogP contribution in [0.5, 0.6) is 0 Å². The van der Waals surface area contributed by atoms with Crippen LogP contribution in [-0.4, -0.2) is 18.9 Å². The molecule has 0 saturated heterocycles. The monoisotopic (exact) mass is 383 g/mol. The maximum absolute atomic E-state index is 12.3. The lowest BCUT2D eigenvalue weighted by Gasteiger charge is -2.06. The largest absolute Gasteiger partial charge is 0.368 e. The summed E-state index contributed by atoms with van der Waals surface area (Å²) in [7, 11) is -3.86. The summed E-state index contributed by atoms with van der Waals surface area (Å²) in [5, 5.41) is 0. The number of nitrogens with zero attached hydrogens (tertiary/aromatic N) is 2. The van der Waals surface area contributed by atoms with E-state index in [2.05, 4.69) is 20.3 Å². The molecule has 1 amide bonds. The molecule has 0 aliphatic rings. The average molecular weight is 384 g/mol. The summed E-state index contributed by atoms with van der Waals surface area (Å²) >= 11 is 3.25. The molecule has 0 unspecified atom stereocenters. The fraction of sp³-hybridized carbons (Fsp3) is 0.143. The molecule has 1 aromatic heterocycles.